The van der Waals surface area contributed by atoms with Crippen LogP contribution in [0.25, 0.3) is 10.8 Å². The van der Waals surface area contributed by atoms with Crippen LogP contribution in [-0.2, 0) is 12.8 Å². The normalized spacial score (nSPS) is 10.8. The summed E-state index contributed by atoms with van der Waals surface area (Å²) in [6.45, 7) is 0. The molecule has 0 aliphatic heterocycles. The summed E-state index contributed by atoms with van der Waals surface area (Å²) < 4.78 is 5.27. The summed E-state index contributed by atoms with van der Waals surface area (Å²) in [5.74, 6) is 0.994. The monoisotopic (exact) mass is 366 g/mol. The molecule has 0 heterocycles. The molecule has 0 radical (unpaired) electrons. The first-order chi connectivity index (χ1) is 13.7. The fourth-order valence-electron chi connectivity index (χ4n) is 3.60. The number of ether oxygens (including phenoxy) is 1. The van der Waals surface area contributed by atoms with Crippen molar-refractivity contribution in [1.29, 1.82) is 0 Å². The van der Waals surface area contributed by atoms with Crippen molar-refractivity contribution in [2.45, 2.75) is 12.8 Å². The predicted molar refractivity (Wildman–Crippen MR) is 114 cm³/mol. The Balaban J connectivity index is 1.73. The van der Waals surface area contributed by atoms with Gasteiger partial charge in [0.15, 0.2) is 5.78 Å². The van der Waals surface area contributed by atoms with E-state index in [0.717, 1.165) is 23.3 Å². The maximum Gasteiger partial charge on any atom is 0.167 e. The number of ketones is 1. The smallest absolute Gasteiger partial charge is 0.167 e. The van der Waals surface area contributed by atoms with Gasteiger partial charge in [0.1, 0.15) is 5.75 Å². The maximum absolute atomic E-state index is 12.8. The van der Waals surface area contributed by atoms with Gasteiger partial charge in [-0.3, -0.25) is 4.79 Å². The average molecular weight is 366 g/mol. The Morgan fingerprint density at radius 2 is 1.50 bits per heavy atom. The average Bonchev–Trinajstić information content (AvgIpc) is 2.76. The molecule has 0 atom stereocenters. The summed E-state index contributed by atoms with van der Waals surface area (Å²) in [6.07, 6.45) is 1.18. The molecule has 0 aliphatic rings. The number of hydrogen-bond acceptors (Lipinski definition) is 2. The second kappa shape index (κ2) is 8.10. The molecule has 0 amide bonds. The van der Waals surface area contributed by atoms with Gasteiger partial charge in [-0.1, -0.05) is 78.9 Å². The largest absolute Gasteiger partial charge is 0.497 e. The maximum atomic E-state index is 12.8. The highest BCUT2D eigenvalue weighted by Crippen LogP contribution is 2.27. The third-order valence-corrected chi connectivity index (χ3v) is 5.12. The Hall–Kier alpha value is -3.39. The van der Waals surface area contributed by atoms with E-state index in [4.69, 9.17) is 4.74 Å². The van der Waals surface area contributed by atoms with Gasteiger partial charge < -0.3 is 4.74 Å². The van der Waals surface area contributed by atoms with Crippen LogP contribution in [0, 0.1) is 0 Å². The zero-order valence-corrected chi connectivity index (χ0v) is 15.9. The summed E-state index contributed by atoms with van der Waals surface area (Å²) >= 11 is 0. The Labute approximate surface area is 165 Å². The van der Waals surface area contributed by atoms with Crippen molar-refractivity contribution < 1.29 is 9.53 Å². The standard InChI is InChI=1S/C26H22O2/c1-28-23-15-11-19(12-16-23)17-25-22(14-13-20-7-5-6-10-24(20)25)18-26(27)21-8-3-2-4-9-21/h2-16H,17-18H2,1H3. The summed E-state index contributed by atoms with van der Waals surface area (Å²) in [5, 5.41) is 2.40. The summed E-state index contributed by atoms with van der Waals surface area (Å²) in [5.41, 5.74) is 4.26. The molecule has 138 valence electrons. The molecule has 2 nitrogen and oxygen atoms in total. The van der Waals surface area contributed by atoms with Gasteiger partial charge >= 0.3 is 0 Å². The fraction of sp³-hybridized carbons (Fsp3) is 0.115. The molecule has 4 rings (SSSR count). The van der Waals surface area contributed by atoms with Gasteiger partial charge in [0.05, 0.1) is 7.11 Å². The van der Waals surface area contributed by atoms with Crippen molar-refractivity contribution in [2.24, 2.45) is 0 Å². The Bertz CT molecular complexity index is 1100. The zero-order chi connectivity index (χ0) is 19.3. The third kappa shape index (κ3) is 3.81. The number of hydrogen-bond donors (Lipinski definition) is 0. The van der Waals surface area contributed by atoms with Crippen LogP contribution < -0.4 is 4.74 Å². The highest BCUT2D eigenvalue weighted by molar-refractivity contribution is 5.98. The van der Waals surface area contributed by atoms with Crippen LogP contribution in [0.4, 0.5) is 0 Å². The third-order valence-electron chi connectivity index (χ3n) is 5.12. The minimum absolute atomic E-state index is 0.145. The Morgan fingerprint density at radius 3 is 2.25 bits per heavy atom. The molecule has 0 spiro atoms. The molecular formula is C26H22O2. The topological polar surface area (TPSA) is 26.3 Å². The number of methoxy groups -OCH3 is 1. The quantitative estimate of drug-likeness (QED) is 0.399. The summed E-state index contributed by atoms with van der Waals surface area (Å²) in [6, 6.07) is 30.2. The van der Waals surface area contributed by atoms with E-state index in [1.54, 1.807) is 7.11 Å². The summed E-state index contributed by atoms with van der Waals surface area (Å²) in [7, 11) is 1.67. The highest BCUT2D eigenvalue weighted by Gasteiger charge is 2.13. The molecular weight excluding hydrogens is 344 g/mol. The molecule has 0 fully saturated rings. The van der Waals surface area contributed by atoms with Crippen LogP contribution in [0.15, 0.2) is 91.0 Å². The number of fused-ring (bicyclic) bond motifs is 1. The second-order valence-electron chi connectivity index (χ2n) is 6.92. The van der Waals surface area contributed by atoms with Crippen LogP contribution >= 0.6 is 0 Å². The molecule has 0 bridgehead atoms. The van der Waals surface area contributed by atoms with Crippen molar-refractivity contribution in [3.63, 3.8) is 0 Å². The highest BCUT2D eigenvalue weighted by atomic mass is 16.5. The van der Waals surface area contributed by atoms with Gasteiger partial charge in [-0.25, -0.2) is 0 Å². The Morgan fingerprint density at radius 1 is 0.786 bits per heavy atom. The van der Waals surface area contributed by atoms with Gasteiger partial charge in [-0.15, -0.1) is 0 Å². The van der Waals surface area contributed by atoms with Gasteiger partial charge in [-0.2, -0.15) is 0 Å². The first kappa shape index (κ1) is 18.0. The first-order valence-corrected chi connectivity index (χ1v) is 9.45. The zero-order valence-electron chi connectivity index (χ0n) is 15.9. The van der Waals surface area contributed by atoms with Crippen molar-refractivity contribution in [3.05, 3.63) is 113 Å². The molecule has 4 aromatic rings. The van der Waals surface area contributed by atoms with E-state index in [1.807, 2.05) is 48.5 Å². The summed E-state index contributed by atoms with van der Waals surface area (Å²) in [4.78, 5) is 12.8. The van der Waals surface area contributed by atoms with Gasteiger partial charge in [0, 0.05) is 12.0 Å². The molecule has 0 N–H and O–H groups in total. The second-order valence-corrected chi connectivity index (χ2v) is 6.92. The minimum atomic E-state index is 0.145. The van der Waals surface area contributed by atoms with E-state index in [0.29, 0.717) is 6.42 Å². The molecule has 28 heavy (non-hydrogen) atoms. The number of carbonyl (C=O) groups is 1. The lowest BCUT2D eigenvalue weighted by Crippen LogP contribution is -2.07. The molecule has 2 heteroatoms. The molecule has 0 aliphatic carbocycles. The van der Waals surface area contributed by atoms with Crippen LogP contribution in [-0.4, -0.2) is 12.9 Å². The number of carbonyl (C=O) groups excluding carboxylic acids is 1. The van der Waals surface area contributed by atoms with Gasteiger partial charge in [-0.05, 0) is 46.0 Å². The molecule has 0 saturated heterocycles. The fourth-order valence-corrected chi connectivity index (χ4v) is 3.60. The van der Waals surface area contributed by atoms with Crippen LogP contribution in [0.2, 0.25) is 0 Å². The van der Waals surface area contributed by atoms with Gasteiger partial charge in [0.2, 0.25) is 0 Å². The van der Waals surface area contributed by atoms with E-state index in [9.17, 15) is 4.79 Å². The van der Waals surface area contributed by atoms with E-state index in [1.165, 1.54) is 21.9 Å². The van der Waals surface area contributed by atoms with Gasteiger partial charge in [0.25, 0.3) is 0 Å². The minimum Gasteiger partial charge on any atom is -0.497 e. The lowest BCUT2D eigenvalue weighted by molar-refractivity contribution is 0.0993. The van der Waals surface area contributed by atoms with Crippen LogP contribution in [0.3, 0.4) is 0 Å². The van der Waals surface area contributed by atoms with Crippen LogP contribution in [0.5, 0.6) is 5.75 Å². The predicted octanol–water partition coefficient (Wildman–Crippen LogP) is 5.86. The number of Topliss-reactive ketones (excluding diaryl/α,β-unsaturated/α-hetero) is 1. The number of benzene rings is 4. The Kier molecular flexibility index (Phi) is 5.20. The molecule has 0 saturated carbocycles. The molecule has 4 aromatic carbocycles. The van der Waals surface area contributed by atoms with Crippen molar-refractivity contribution in [3.8, 4) is 5.75 Å². The first-order valence-electron chi connectivity index (χ1n) is 9.45. The van der Waals surface area contributed by atoms with Crippen molar-refractivity contribution in [1.82, 2.24) is 0 Å². The van der Waals surface area contributed by atoms with E-state index in [2.05, 4.69) is 42.5 Å². The number of rotatable bonds is 6. The van der Waals surface area contributed by atoms with Crippen molar-refractivity contribution >= 4 is 16.6 Å². The van der Waals surface area contributed by atoms with Crippen molar-refractivity contribution in [2.75, 3.05) is 7.11 Å². The van der Waals surface area contributed by atoms with E-state index in [-0.39, 0.29) is 5.78 Å². The van der Waals surface area contributed by atoms with Crippen LogP contribution in [0.1, 0.15) is 27.0 Å². The van der Waals surface area contributed by atoms with E-state index < -0.39 is 0 Å². The molecule has 0 unspecified atom stereocenters. The molecule has 0 aromatic heterocycles. The van der Waals surface area contributed by atoms with E-state index >= 15 is 0 Å². The lowest BCUT2D eigenvalue weighted by atomic mass is 9.90. The SMILES string of the molecule is COc1ccc(Cc2c(CC(=O)c3ccccc3)ccc3ccccc23)cc1. The lowest BCUT2D eigenvalue weighted by Gasteiger charge is -2.14.